The number of aryl methyl sites for hydroxylation is 1. The fourth-order valence-electron chi connectivity index (χ4n) is 4.27. The molecule has 2 N–H and O–H groups in total. The number of aromatic nitrogens is 3. The lowest BCUT2D eigenvalue weighted by atomic mass is 10.0. The number of nitrogens with zero attached hydrogens (tertiary/aromatic N) is 4. The van der Waals surface area contributed by atoms with Gasteiger partial charge in [0.25, 0.3) is 5.91 Å². The molecule has 0 aliphatic rings. The summed E-state index contributed by atoms with van der Waals surface area (Å²) in [5, 5.41) is 1.19. The highest BCUT2D eigenvalue weighted by molar-refractivity contribution is 5.97. The van der Waals surface area contributed by atoms with Gasteiger partial charge in [-0.05, 0) is 84.1 Å². The Morgan fingerprint density at radius 2 is 1.02 bits per heavy atom. The highest BCUT2D eigenvalue weighted by atomic mass is 16.7. The second-order valence-electron chi connectivity index (χ2n) is 10.8. The molecule has 3 heterocycles. The molecule has 8 nitrogen and oxygen atoms in total. The highest BCUT2D eigenvalue weighted by Gasteiger charge is 2.09. The van der Waals surface area contributed by atoms with Crippen molar-refractivity contribution in [2.24, 2.45) is 5.73 Å². The van der Waals surface area contributed by atoms with Crippen molar-refractivity contribution in [2.75, 3.05) is 14.2 Å². The van der Waals surface area contributed by atoms with E-state index in [2.05, 4.69) is 27.1 Å². The number of amides is 1. The summed E-state index contributed by atoms with van der Waals surface area (Å²) in [6, 6.07) is 40.2. The number of hydrogen-bond donors (Lipinski definition) is 1. The van der Waals surface area contributed by atoms with Crippen LogP contribution in [0.5, 0.6) is 0 Å². The Morgan fingerprint density at radius 1 is 0.615 bits per heavy atom. The van der Waals surface area contributed by atoms with Crippen LogP contribution in [0, 0.1) is 6.92 Å². The van der Waals surface area contributed by atoms with Crippen molar-refractivity contribution in [3.63, 3.8) is 0 Å². The summed E-state index contributed by atoms with van der Waals surface area (Å²) in [6.45, 7) is 2.04. The first-order valence-corrected chi connectivity index (χ1v) is 15.8. The number of hydroxylamine groups is 2. The molecule has 0 fully saturated rings. The molecule has 1 unspecified atom stereocenters. The molecule has 0 spiro atoms. The number of nitrogens with two attached hydrogens (primary N) is 1. The summed E-state index contributed by atoms with van der Waals surface area (Å²) < 4.78 is 0. The second-order valence-corrected chi connectivity index (χ2v) is 10.8. The van der Waals surface area contributed by atoms with E-state index in [1.807, 2.05) is 110 Å². The molecule has 0 saturated carbocycles. The molecule has 6 aromatic rings. The zero-order valence-electron chi connectivity index (χ0n) is 28.2. The molecule has 3 aromatic carbocycles. The second kappa shape index (κ2) is 27.0. The summed E-state index contributed by atoms with van der Waals surface area (Å²) in [4.78, 5) is 39.7. The van der Waals surface area contributed by atoms with Crippen molar-refractivity contribution >= 4 is 11.7 Å². The van der Waals surface area contributed by atoms with E-state index in [4.69, 9.17) is 10.6 Å². The standard InChI is InChI=1S/C13H14N2.C13H11NO.C9H11NO2.C6H7N.3CH4/c14-13(12-4-2-1-3-5-12)10-11-6-8-15-9-7-11;15-13(12-4-2-1-3-5-12)10-11-6-8-14-9-7-11;1-10(12-2)9(11)8-6-4-3-5-7-8;1-6-2-4-7-5-3-6;;;/h1-9,13H,10,14H2;1-9H,10H2;3-7H,1-2H3;2-5H,1H3;3*1H4. The minimum atomic E-state index is -0.141. The summed E-state index contributed by atoms with van der Waals surface area (Å²) in [6.07, 6.45) is 11.9. The maximum Gasteiger partial charge on any atom is 0.277 e. The predicted molar refractivity (Wildman–Crippen MR) is 215 cm³/mol. The maximum absolute atomic E-state index is 11.8. The molecule has 3 aromatic heterocycles. The maximum atomic E-state index is 11.8. The SMILES string of the molecule is C.C.C.CON(C)C(=O)c1ccccc1.Cc1ccncc1.NC(Cc1ccncc1)c1ccccc1.O=C(Cc1ccncc1)c1ccccc1. The van der Waals surface area contributed by atoms with Gasteiger partial charge in [0, 0.05) is 67.8 Å². The molecular weight excluding hydrogens is 647 g/mol. The molecule has 0 aliphatic carbocycles. The number of carbonyl (C=O) groups excluding carboxylic acids is 2. The number of carbonyl (C=O) groups is 2. The predicted octanol–water partition coefficient (Wildman–Crippen LogP) is 9.45. The Balaban J connectivity index is 0.000000673. The third-order valence-electron chi connectivity index (χ3n) is 7.07. The van der Waals surface area contributed by atoms with E-state index < -0.39 is 0 Å². The van der Waals surface area contributed by atoms with E-state index in [1.165, 1.54) is 28.9 Å². The van der Waals surface area contributed by atoms with E-state index in [9.17, 15) is 9.59 Å². The van der Waals surface area contributed by atoms with Gasteiger partial charge in [0.2, 0.25) is 0 Å². The lowest BCUT2D eigenvalue weighted by Gasteiger charge is -2.12. The van der Waals surface area contributed by atoms with Gasteiger partial charge < -0.3 is 5.73 Å². The number of benzene rings is 3. The smallest absolute Gasteiger partial charge is 0.277 e. The van der Waals surface area contributed by atoms with Crippen LogP contribution in [0.25, 0.3) is 0 Å². The number of pyridine rings is 3. The molecule has 0 aliphatic heterocycles. The Labute approximate surface area is 311 Å². The topological polar surface area (TPSA) is 111 Å². The van der Waals surface area contributed by atoms with E-state index in [1.54, 1.807) is 56.4 Å². The largest absolute Gasteiger partial charge is 0.324 e. The van der Waals surface area contributed by atoms with Gasteiger partial charge in [-0.2, -0.15) is 0 Å². The van der Waals surface area contributed by atoms with Crippen LogP contribution in [-0.2, 0) is 17.7 Å². The van der Waals surface area contributed by atoms with Crippen LogP contribution in [0.1, 0.15) is 71.3 Å². The van der Waals surface area contributed by atoms with E-state index >= 15 is 0 Å². The first-order chi connectivity index (χ1) is 23.9. The van der Waals surface area contributed by atoms with Gasteiger partial charge in [0.15, 0.2) is 5.78 Å². The molecule has 6 rings (SSSR count). The molecular formula is C44H55N5O3. The van der Waals surface area contributed by atoms with Crippen LogP contribution in [0.3, 0.4) is 0 Å². The first kappa shape index (κ1) is 46.2. The van der Waals surface area contributed by atoms with Gasteiger partial charge >= 0.3 is 0 Å². The number of Topliss-reactive ketones (excluding diaryl/α,β-unsaturated/α-hetero) is 1. The van der Waals surface area contributed by atoms with Crippen molar-refractivity contribution < 1.29 is 14.4 Å². The van der Waals surface area contributed by atoms with Crippen molar-refractivity contribution in [1.82, 2.24) is 20.0 Å². The van der Waals surface area contributed by atoms with Gasteiger partial charge in [0.05, 0.1) is 7.11 Å². The zero-order chi connectivity index (χ0) is 35.1. The van der Waals surface area contributed by atoms with Gasteiger partial charge in [-0.3, -0.25) is 29.4 Å². The molecule has 52 heavy (non-hydrogen) atoms. The zero-order valence-corrected chi connectivity index (χ0v) is 28.2. The average Bonchev–Trinajstić information content (AvgIpc) is 3.17. The molecule has 274 valence electrons. The Morgan fingerprint density at radius 3 is 1.44 bits per heavy atom. The summed E-state index contributed by atoms with van der Waals surface area (Å²) in [5.74, 6) is -0.0000926. The minimum Gasteiger partial charge on any atom is -0.324 e. The van der Waals surface area contributed by atoms with Gasteiger partial charge in [-0.25, -0.2) is 5.06 Å². The number of ketones is 1. The lowest BCUT2D eigenvalue weighted by Crippen LogP contribution is -2.25. The number of hydrogen-bond acceptors (Lipinski definition) is 7. The van der Waals surface area contributed by atoms with E-state index in [-0.39, 0.29) is 40.0 Å². The van der Waals surface area contributed by atoms with Gasteiger partial charge in [-0.15, -0.1) is 0 Å². The third kappa shape index (κ3) is 17.7. The lowest BCUT2D eigenvalue weighted by molar-refractivity contribution is -0.0756. The van der Waals surface area contributed by atoms with Crippen LogP contribution < -0.4 is 5.73 Å². The summed E-state index contributed by atoms with van der Waals surface area (Å²) in [5.41, 5.74) is 12.1. The van der Waals surface area contributed by atoms with Crippen LogP contribution in [0.15, 0.2) is 165 Å². The fourth-order valence-corrected chi connectivity index (χ4v) is 4.27. The van der Waals surface area contributed by atoms with E-state index in [0.717, 1.165) is 17.5 Å². The van der Waals surface area contributed by atoms with Crippen molar-refractivity contribution in [1.29, 1.82) is 0 Å². The molecule has 1 atom stereocenters. The quantitative estimate of drug-likeness (QED) is 0.124. The Kier molecular flexibility index (Phi) is 23.9. The van der Waals surface area contributed by atoms with Crippen LogP contribution in [0.4, 0.5) is 0 Å². The first-order valence-electron chi connectivity index (χ1n) is 15.8. The molecule has 8 heteroatoms. The third-order valence-corrected chi connectivity index (χ3v) is 7.07. The van der Waals surface area contributed by atoms with Crippen molar-refractivity contribution in [2.45, 2.75) is 48.1 Å². The van der Waals surface area contributed by atoms with Gasteiger partial charge in [-0.1, -0.05) is 101 Å². The minimum absolute atomic E-state index is 0. The van der Waals surface area contributed by atoms with Crippen LogP contribution in [-0.4, -0.2) is 45.9 Å². The number of rotatable bonds is 8. The van der Waals surface area contributed by atoms with Crippen molar-refractivity contribution in [3.05, 3.63) is 198 Å². The van der Waals surface area contributed by atoms with Crippen LogP contribution >= 0.6 is 0 Å². The summed E-state index contributed by atoms with van der Waals surface area (Å²) in [7, 11) is 3.04. The normalized spacial score (nSPS) is 9.77. The molecule has 0 saturated heterocycles. The summed E-state index contributed by atoms with van der Waals surface area (Å²) >= 11 is 0. The average molecular weight is 702 g/mol. The molecule has 1 amide bonds. The van der Waals surface area contributed by atoms with E-state index in [0.29, 0.717) is 12.0 Å². The van der Waals surface area contributed by atoms with Crippen molar-refractivity contribution in [3.8, 4) is 0 Å². The Hall–Kier alpha value is -5.83. The van der Waals surface area contributed by atoms with Gasteiger partial charge in [0.1, 0.15) is 0 Å². The monoisotopic (exact) mass is 701 g/mol. The molecule has 0 bridgehead atoms. The highest BCUT2D eigenvalue weighted by Crippen LogP contribution is 2.15. The Bertz CT molecular complexity index is 1750. The molecule has 0 radical (unpaired) electrons. The van der Waals surface area contributed by atoms with Crippen LogP contribution in [0.2, 0.25) is 0 Å². The fraction of sp³-hybridized carbons (Fsp3) is 0.205.